The highest BCUT2D eigenvalue weighted by molar-refractivity contribution is 6.38. The first-order chi connectivity index (χ1) is 9.93. The number of nitrogens with two attached hydrogens (primary N) is 1. The smallest absolute Gasteiger partial charge is 0.194 e. The number of carbonyl (C=O) groups excluding carboxylic acids is 1. The molecule has 6 heteroatoms. The fraction of sp³-hybridized carbons (Fsp3) is 0.133. The molecule has 0 aliphatic rings. The summed E-state index contributed by atoms with van der Waals surface area (Å²) in [6, 6.07) is 7.67. The van der Waals surface area contributed by atoms with Crippen LogP contribution in [0.5, 0.6) is 5.75 Å². The van der Waals surface area contributed by atoms with Crippen molar-refractivity contribution in [3.8, 4) is 5.75 Å². The highest BCUT2D eigenvalue weighted by Crippen LogP contribution is 2.33. The third kappa shape index (κ3) is 3.43. The summed E-state index contributed by atoms with van der Waals surface area (Å²) in [5.41, 5.74) is 6.71. The molecule has 0 aliphatic heterocycles. The molecule has 0 fully saturated rings. The fourth-order valence-electron chi connectivity index (χ4n) is 1.81. The lowest BCUT2D eigenvalue weighted by molar-refractivity contribution is 0.103. The summed E-state index contributed by atoms with van der Waals surface area (Å²) in [7, 11) is 0. The van der Waals surface area contributed by atoms with Crippen LogP contribution in [0.2, 0.25) is 15.1 Å². The van der Waals surface area contributed by atoms with Gasteiger partial charge in [0.15, 0.2) is 5.78 Å². The van der Waals surface area contributed by atoms with Gasteiger partial charge in [0.05, 0.1) is 27.4 Å². The summed E-state index contributed by atoms with van der Waals surface area (Å²) in [5, 5.41) is 0.982. The number of anilines is 1. The minimum atomic E-state index is -0.284. The quantitative estimate of drug-likeness (QED) is 0.636. The van der Waals surface area contributed by atoms with Gasteiger partial charge in [-0.05, 0) is 31.2 Å². The van der Waals surface area contributed by atoms with Gasteiger partial charge in [0.2, 0.25) is 0 Å². The summed E-state index contributed by atoms with van der Waals surface area (Å²) in [5.74, 6) is 0.157. The molecule has 0 bridgehead atoms. The van der Waals surface area contributed by atoms with Crippen LogP contribution in [0, 0.1) is 0 Å². The number of carbonyl (C=O) groups is 1. The molecule has 0 aromatic heterocycles. The predicted octanol–water partition coefficient (Wildman–Crippen LogP) is 4.86. The molecule has 0 saturated carbocycles. The van der Waals surface area contributed by atoms with Crippen LogP contribution < -0.4 is 10.5 Å². The van der Waals surface area contributed by atoms with Gasteiger partial charge in [-0.15, -0.1) is 0 Å². The third-order valence-electron chi connectivity index (χ3n) is 2.82. The molecule has 110 valence electrons. The van der Waals surface area contributed by atoms with E-state index in [2.05, 4.69) is 0 Å². The highest BCUT2D eigenvalue weighted by atomic mass is 35.5. The lowest BCUT2D eigenvalue weighted by Crippen LogP contribution is -2.04. The Hall–Kier alpha value is -1.42. The Bertz CT molecular complexity index is 702. The number of hydrogen-bond acceptors (Lipinski definition) is 3. The van der Waals surface area contributed by atoms with Gasteiger partial charge in [0, 0.05) is 17.2 Å². The molecule has 2 N–H and O–H groups in total. The van der Waals surface area contributed by atoms with Gasteiger partial charge in [-0.2, -0.15) is 0 Å². The van der Waals surface area contributed by atoms with Gasteiger partial charge in [-0.3, -0.25) is 4.79 Å². The lowest BCUT2D eigenvalue weighted by atomic mass is 10.0. The Morgan fingerprint density at radius 3 is 2.43 bits per heavy atom. The minimum Gasteiger partial charge on any atom is -0.492 e. The van der Waals surface area contributed by atoms with E-state index in [1.807, 2.05) is 6.92 Å². The summed E-state index contributed by atoms with van der Waals surface area (Å²) in [4.78, 5) is 12.5. The molecule has 0 unspecified atom stereocenters. The zero-order chi connectivity index (χ0) is 15.6. The van der Waals surface area contributed by atoms with Crippen LogP contribution >= 0.6 is 34.8 Å². The van der Waals surface area contributed by atoms with E-state index in [0.717, 1.165) is 0 Å². The number of hydrogen-bond donors (Lipinski definition) is 1. The standard InChI is InChI=1S/C15H12Cl3NO2/c1-2-21-14-7-11(17)9(6-12(14)18)15(20)8-3-4-10(16)13(19)5-8/h3-7H,2,19H2,1H3. The summed E-state index contributed by atoms with van der Waals surface area (Å²) < 4.78 is 5.33. The second-order valence-electron chi connectivity index (χ2n) is 4.26. The molecule has 0 aliphatic carbocycles. The maximum Gasteiger partial charge on any atom is 0.194 e. The number of halogens is 3. The predicted molar refractivity (Wildman–Crippen MR) is 86.9 cm³/mol. The number of nitrogen functional groups attached to an aromatic ring is 1. The fourth-order valence-corrected chi connectivity index (χ4v) is 2.38. The average Bonchev–Trinajstić information content (AvgIpc) is 2.45. The van der Waals surface area contributed by atoms with Crippen molar-refractivity contribution in [1.29, 1.82) is 0 Å². The zero-order valence-corrected chi connectivity index (χ0v) is 13.4. The van der Waals surface area contributed by atoms with Crippen LogP contribution in [0.3, 0.4) is 0 Å². The molecular weight excluding hydrogens is 333 g/mol. The number of ketones is 1. The Morgan fingerprint density at radius 2 is 1.81 bits per heavy atom. The Labute approximate surface area is 137 Å². The molecular formula is C15H12Cl3NO2. The monoisotopic (exact) mass is 343 g/mol. The number of rotatable bonds is 4. The van der Waals surface area contributed by atoms with Crippen molar-refractivity contribution in [3.63, 3.8) is 0 Å². The second kappa shape index (κ2) is 6.56. The normalized spacial score (nSPS) is 10.5. The van der Waals surface area contributed by atoms with Crippen LogP contribution in [-0.2, 0) is 0 Å². The van der Waals surface area contributed by atoms with Crippen LogP contribution in [-0.4, -0.2) is 12.4 Å². The maximum absolute atomic E-state index is 12.5. The summed E-state index contributed by atoms with van der Waals surface area (Å²) in [6.07, 6.45) is 0. The number of ether oxygens (including phenoxy) is 1. The van der Waals surface area contributed by atoms with Crippen molar-refractivity contribution < 1.29 is 9.53 Å². The van der Waals surface area contributed by atoms with E-state index in [0.29, 0.717) is 33.7 Å². The molecule has 0 spiro atoms. The van der Waals surface area contributed by atoms with E-state index in [1.165, 1.54) is 18.2 Å². The number of benzene rings is 2. The SMILES string of the molecule is CCOc1cc(Cl)c(C(=O)c2ccc(Cl)c(N)c2)cc1Cl. The van der Waals surface area contributed by atoms with E-state index < -0.39 is 0 Å². The van der Waals surface area contributed by atoms with Crippen molar-refractivity contribution in [1.82, 2.24) is 0 Å². The molecule has 0 amide bonds. The van der Waals surface area contributed by atoms with Crippen LogP contribution in [0.15, 0.2) is 30.3 Å². The van der Waals surface area contributed by atoms with Gasteiger partial charge < -0.3 is 10.5 Å². The molecule has 21 heavy (non-hydrogen) atoms. The molecule has 2 aromatic rings. The Balaban J connectivity index is 2.43. The first-order valence-corrected chi connectivity index (χ1v) is 7.29. The van der Waals surface area contributed by atoms with E-state index >= 15 is 0 Å². The topological polar surface area (TPSA) is 52.3 Å². The van der Waals surface area contributed by atoms with E-state index in [1.54, 1.807) is 12.1 Å². The second-order valence-corrected chi connectivity index (χ2v) is 5.48. The third-order valence-corrected chi connectivity index (χ3v) is 3.78. The van der Waals surface area contributed by atoms with Gasteiger partial charge in [0.1, 0.15) is 5.75 Å². The first-order valence-electron chi connectivity index (χ1n) is 6.15. The molecule has 0 atom stereocenters. The largest absolute Gasteiger partial charge is 0.492 e. The van der Waals surface area contributed by atoms with Gasteiger partial charge in [-0.25, -0.2) is 0 Å². The molecule has 3 nitrogen and oxygen atoms in total. The summed E-state index contributed by atoms with van der Waals surface area (Å²) in [6.45, 7) is 2.29. The van der Waals surface area contributed by atoms with Crippen molar-refractivity contribution >= 4 is 46.3 Å². The molecule has 0 radical (unpaired) electrons. The molecule has 0 heterocycles. The van der Waals surface area contributed by atoms with E-state index in [-0.39, 0.29) is 16.4 Å². The Kier molecular flexibility index (Phi) is 4.99. The van der Waals surface area contributed by atoms with Crippen LogP contribution in [0.4, 0.5) is 5.69 Å². The van der Waals surface area contributed by atoms with Crippen molar-refractivity contribution in [2.45, 2.75) is 6.92 Å². The van der Waals surface area contributed by atoms with E-state index in [4.69, 9.17) is 45.3 Å². The van der Waals surface area contributed by atoms with Crippen molar-refractivity contribution in [2.75, 3.05) is 12.3 Å². The molecule has 2 rings (SSSR count). The molecule has 0 saturated heterocycles. The summed E-state index contributed by atoms with van der Waals surface area (Å²) >= 11 is 18.1. The molecule has 2 aromatic carbocycles. The van der Waals surface area contributed by atoms with Crippen LogP contribution in [0.25, 0.3) is 0 Å². The van der Waals surface area contributed by atoms with Crippen molar-refractivity contribution in [2.24, 2.45) is 0 Å². The van der Waals surface area contributed by atoms with Crippen molar-refractivity contribution in [3.05, 3.63) is 56.5 Å². The van der Waals surface area contributed by atoms with Crippen LogP contribution in [0.1, 0.15) is 22.8 Å². The average molecular weight is 345 g/mol. The Morgan fingerprint density at radius 1 is 1.10 bits per heavy atom. The van der Waals surface area contributed by atoms with Gasteiger partial charge in [-0.1, -0.05) is 34.8 Å². The highest BCUT2D eigenvalue weighted by Gasteiger charge is 2.17. The van der Waals surface area contributed by atoms with E-state index in [9.17, 15) is 4.79 Å². The van der Waals surface area contributed by atoms with Gasteiger partial charge in [0.25, 0.3) is 0 Å². The minimum absolute atomic E-state index is 0.265. The lowest BCUT2D eigenvalue weighted by Gasteiger charge is -2.10. The zero-order valence-electron chi connectivity index (χ0n) is 11.1. The first kappa shape index (κ1) is 16.0. The maximum atomic E-state index is 12.5. The van der Waals surface area contributed by atoms with Gasteiger partial charge >= 0.3 is 0 Å².